The van der Waals surface area contributed by atoms with Crippen molar-refractivity contribution in [1.29, 1.82) is 0 Å². The molecule has 4 rings (SSSR count). The molecule has 36 heavy (non-hydrogen) atoms. The van der Waals surface area contributed by atoms with Crippen molar-refractivity contribution in [2.75, 3.05) is 23.4 Å². The Morgan fingerprint density at radius 3 is 2.53 bits per heavy atom. The van der Waals surface area contributed by atoms with Crippen LogP contribution in [0.1, 0.15) is 23.1 Å². The van der Waals surface area contributed by atoms with E-state index in [1.807, 2.05) is 44.2 Å². The number of hydrogen-bond acceptors (Lipinski definition) is 4. The first-order valence-corrected chi connectivity index (χ1v) is 12.1. The predicted molar refractivity (Wildman–Crippen MR) is 140 cm³/mol. The number of ether oxygens (including phenoxy) is 1. The zero-order chi connectivity index (χ0) is 25.7. The molecule has 8 heteroatoms. The van der Waals surface area contributed by atoms with E-state index in [1.165, 1.54) is 0 Å². The second-order valence-corrected chi connectivity index (χ2v) is 9.28. The van der Waals surface area contributed by atoms with Crippen LogP contribution in [0.4, 0.5) is 11.4 Å². The SMILES string of the molecule is Cc1ccccc1CNC(=O)[C@H]1CC(=O)N(c2ccc(OCC(=O)Nc3cc(Cl)ccc3C)cc2)C1. The maximum atomic E-state index is 12.7. The summed E-state index contributed by atoms with van der Waals surface area (Å²) in [5, 5.41) is 6.27. The Kier molecular flexibility index (Phi) is 7.90. The van der Waals surface area contributed by atoms with Gasteiger partial charge in [-0.25, -0.2) is 0 Å². The number of nitrogens with one attached hydrogen (secondary N) is 2. The van der Waals surface area contributed by atoms with Gasteiger partial charge < -0.3 is 20.3 Å². The van der Waals surface area contributed by atoms with Crippen LogP contribution in [0.2, 0.25) is 5.02 Å². The maximum Gasteiger partial charge on any atom is 0.262 e. The van der Waals surface area contributed by atoms with E-state index in [0.717, 1.165) is 16.7 Å². The van der Waals surface area contributed by atoms with E-state index in [9.17, 15) is 14.4 Å². The number of aryl methyl sites for hydroxylation is 2. The summed E-state index contributed by atoms with van der Waals surface area (Å²) in [6, 6.07) is 20.1. The first-order chi connectivity index (χ1) is 17.3. The number of rotatable bonds is 8. The molecule has 186 valence electrons. The first-order valence-electron chi connectivity index (χ1n) is 11.7. The van der Waals surface area contributed by atoms with Gasteiger partial charge in [0, 0.05) is 35.9 Å². The molecule has 1 heterocycles. The third-order valence-corrected chi connectivity index (χ3v) is 6.44. The lowest BCUT2D eigenvalue weighted by Gasteiger charge is -2.17. The van der Waals surface area contributed by atoms with Gasteiger partial charge in [0.1, 0.15) is 5.75 Å². The van der Waals surface area contributed by atoms with Crippen LogP contribution < -0.4 is 20.3 Å². The molecule has 0 aromatic heterocycles. The van der Waals surface area contributed by atoms with Crippen molar-refractivity contribution in [3.05, 3.63) is 88.4 Å². The number of carbonyl (C=O) groups excluding carboxylic acids is 3. The molecule has 3 aromatic carbocycles. The molecule has 1 aliphatic rings. The Balaban J connectivity index is 1.28. The third-order valence-electron chi connectivity index (χ3n) is 6.20. The maximum absolute atomic E-state index is 12.7. The highest BCUT2D eigenvalue weighted by atomic mass is 35.5. The molecule has 1 fully saturated rings. The monoisotopic (exact) mass is 505 g/mol. The molecule has 0 bridgehead atoms. The highest BCUT2D eigenvalue weighted by molar-refractivity contribution is 6.31. The van der Waals surface area contributed by atoms with Gasteiger partial charge in [-0.2, -0.15) is 0 Å². The van der Waals surface area contributed by atoms with Gasteiger partial charge in [-0.05, 0) is 66.9 Å². The van der Waals surface area contributed by atoms with E-state index >= 15 is 0 Å². The summed E-state index contributed by atoms with van der Waals surface area (Å²) in [4.78, 5) is 39.1. The lowest BCUT2D eigenvalue weighted by Crippen LogP contribution is -2.32. The molecule has 3 aromatic rings. The Morgan fingerprint density at radius 2 is 1.78 bits per heavy atom. The van der Waals surface area contributed by atoms with Crippen molar-refractivity contribution in [1.82, 2.24) is 5.32 Å². The van der Waals surface area contributed by atoms with Gasteiger partial charge in [-0.1, -0.05) is 41.9 Å². The number of benzene rings is 3. The van der Waals surface area contributed by atoms with E-state index in [2.05, 4.69) is 10.6 Å². The fourth-order valence-corrected chi connectivity index (χ4v) is 4.23. The minimum atomic E-state index is -0.406. The van der Waals surface area contributed by atoms with Crippen LogP contribution in [0.3, 0.4) is 0 Å². The summed E-state index contributed by atoms with van der Waals surface area (Å²) in [6.07, 6.45) is 0.168. The normalized spacial score (nSPS) is 15.0. The minimum Gasteiger partial charge on any atom is -0.484 e. The molecule has 3 amide bonds. The summed E-state index contributed by atoms with van der Waals surface area (Å²) in [5.74, 6) is -0.448. The van der Waals surface area contributed by atoms with Crippen LogP contribution in [-0.2, 0) is 20.9 Å². The molecule has 1 saturated heterocycles. The summed E-state index contributed by atoms with van der Waals surface area (Å²) >= 11 is 5.99. The van der Waals surface area contributed by atoms with Crippen molar-refractivity contribution < 1.29 is 19.1 Å². The quantitative estimate of drug-likeness (QED) is 0.466. The summed E-state index contributed by atoms with van der Waals surface area (Å²) in [6.45, 7) is 4.47. The highest BCUT2D eigenvalue weighted by Gasteiger charge is 2.35. The van der Waals surface area contributed by atoms with Crippen molar-refractivity contribution in [3.63, 3.8) is 0 Å². The van der Waals surface area contributed by atoms with Crippen LogP contribution >= 0.6 is 11.6 Å². The standard InChI is InChI=1S/C28H28ClN3O4/c1-18-5-3-4-6-20(18)15-30-28(35)21-13-27(34)32(16-21)23-9-11-24(12-10-23)36-17-26(33)31-25-14-22(29)8-7-19(25)2/h3-12,14,21H,13,15-17H2,1-2H3,(H,30,35)(H,31,33)/t21-/m0/s1. The molecule has 1 atom stereocenters. The fourth-order valence-electron chi connectivity index (χ4n) is 4.05. The summed E-state index contributed by atoms with van der Waals surface area (Å²) < 4.78 is 5.58. The highest BCUT2D eigenvalue weighted by Crippen LogP contribution is 2.27. The largest absolute Gasteiger partial charge is 0.484 e. The van der Waals surface area contributed by atoms with E-state index in [0.29, 0.717) is 35.2 Å². The molecule has 2 N–H and O–H groups in total. The lowest BCUT2D eigenvalue weighted by molar-refractivity contribution is -0.126. The molecule has 0 spiro atoms. The van der Waals surface area contributed by atoms with Crippen LogP contribution in [0, 0.1) is 19.8 Å². The third kappa shape index (κ3) is 6.23. The van der Waals surface area contributed by atoms with Crippen LogP contribution in [0.5, 0.6) is 5.75 Å². The Hall–Kier alpha value is -3.84. The van der Waals surface area contributed by atoms with E-state index in [4.69, 9.17) is 16.3 Å². The van der Waals surface area contributed by atoms with Crippen LogP contribution in [-0.4, -0.2) is 30.9 Å². The molecule has 7 nitrogen and oxygen atoms in total. The number of hydrogen-bond donors (Lipinski definition) is 2. The second kappa shape index (κ2) is 11.3. The summed E-state index contributed by atoms with van der Waals surface area (Å²) in [5.41, 5.74) is 4.38. The smallest absolute Gasteiger partial charge is 0.262 e. The summed E-state index contributed by atoms with van der Waals surface area (Å²) in [7, 11) is 0. The molecule has 1 aliphatic heterocycles. The number of halogens is 1. The van der Waals surface area contributed by atoms with Crippen LogP contribution in [0.15, 0.2) is 66.7 Å². The Bertz CT molecular complexity index is 1280. The first kappa shape index (κ1) is 25.3. The molecule has 0 radical (unpaired) electrons. The topological polar surface area (TPSA) is 87.7 Å². The number of nitrogens with zero attached hydrogens (tertiary/aromatic N) is 1. The number of carbonyl (C=O) groups is 3. The van der Waals surface area contributed by atoms with E-state index < -0.39 is 5.92 Å². The van der Waals surface area contributed by atoms with Gasteiger partial charge in [0.05, 0.1) is 5.92 Å². The lowest BCUT2D eigenvalue weighted by atomic mass is 10.1. The molecule has 0 saturated carbocycles. The van der Waals surface area contributed by atoms with Gasteiger partial charge in [0.2, 0.25) is 11.8 Å². The van der Waals surface area contributed by atoms with Gasteiger partial charge in [-0.3, -0.25) is 14.4 Å². The Labute approximate surface area is 215 Å². The molecule has 0 aliphatic carbocycles. The molecular weight excluding hydrogens is 478 g/mol. The predicted octanol–water partition coefficient (Wildman–Crippen LogP) is 4.64. The van der Waals surface area contributed by atoms with Crippen molar-refractivity contribution in [2.24, 2.45) is 5.92 Å². The molecular formula is C28H28ClN3O4. The van der Waals surface area contributed by atoms with Gasteiger partial charge in [0.25, 0.3) is 5.91 Å². The van der Waals surface area contributed by atoms with Crippen molar-refractivity contribution >= 4 is 40.7 Å². The zero-order valence-corrected chi connectivity index (χ0v) is 21.0. The Morgan fingerprint density at radius 1 is 1.03 bits per heavy atom. The van der Waals surface area contributed by atoms with E-state index in [-0.39, 0.29) is 30.7 Å². The average molecular weight is 506 g/mol. The second-order valence-electron chi connectivity index (χ2n) is 8.84. The van der Waals surface area contributed by atoms with Crippen molar-refractivity contribution in [2.45, 2.75) is 26.8 Å². The minimum absolute atomic E-state index is 0.101. The number of amides is 3. The average Bonchev–Trinajstić information content (AvgIpc) is 3.26. The van der Waals surface area contributed by atoms with Gasteiger partial charge in [-0.15, -0.1) is 0 Å². The van der Waals surface area contributed by atoms with Crippen molar-refractivity contribution in [3.8, 4) is 5.75 Å². The molecule has 0 unspecified atom stereocenters. The fraction of sp³-hybridized carbons (Fsp3) is 0.250. The van der Waals surface area contributed by atoms with E-state index in [1.54, 1.807) is 41.3 Å². The van der Waals surface area contributed by atoms with Gasteiger partial charge >= 0.3 is 0 Å². The van der Waals surface area contributed by atoms with Gasteiger partial charge in [0.15, 0.2) is 6.61 Å². The van der Waals surface area contributed by atoms with Crippen LogP contribution in [0.25, 0.3) is 0 Å². The number of anilines is 2. The zero-order valence-electron chi connectivity index (χ0n) is 20.2.